The Bertz CT molecular complexity index is 722. The molecule has 3 rings (SSSR count). The number of hydrogen-bond acceptors (Lipinski definition) is 5. The molecule has 2 aromatic rings. The van der Waals surface area contributed by atoms with E-state index in [0.717, 1.165) is 49.1 Å². The van der Waals surface area contributed by atoms with Crippen LogP contribution in [0.25, 0.3) is 0 Å². The average molecular weight is 406 g/mol. The van der Waals surface area contributed by atoms with E-state index in [2.05, 4.69) is 66.1 Å². The molecule has 1 aliphatic heterocycles. The van der Waals surface area contributed by atoms with E-state index in [1.54, 1.807) is 11.3 Å². The van der Waals surface area contributed by atoms with Crippen molar-refractivity contribution in [2.45, 2.75) is 58.5 Å². The number of rotatable bonds is 5. The van der Waals surface area contributed by atoms with E-state index >= 15 is 0 Å². The molecule has 27 heavy (non-hydrogen) atoms. The van der Waals surface area contributed by atoms with Gasteiger partial charge < -0.3 is 15.5 Å². The fourth-order valence-corrected chi connectivity index (χ4v) is 4.81. The van der Waals surface area contributed by atoms with Crippen LogP contribution < -0.4 is 15.5 Å². The summed E-state index contributed by atoms with van der Waals surface area (Å²) in [5.74, 6) is 0.902. The van der Waals surface area contributed by atoms with Crippen molar-refractivity contribution in [2.75, 3.05) is 24.5 Å². The molecule has 0 aliphatic carbocycles. The predicted octanol–water partition coefficient (Wildman–Crippen LogP) is 4.23. The lowest BCUT2D eigenvalue weighted by Gasteiger charge is -2.33. The highest BCUT2D eigenvalue weighted by molar-refractivity contribution is 7.14. The van der Waals surface area contributed by atoms with Gasteiger partial charge in [0.1, 0.15) is 5.01 Å². The van der Waals surface area contributed by atoms with Gasteiger partial charge in [-0.25, -0.2) is 9.98 Å². The fourth-order valence-electron chi connectivity index (χ4n) is 3.08. The van der Waals surface area contributed by atoms with Crippen LogP contribution in [0.5, 0.6) is 0 Å². The number of thiazole rings is 1. The molecule has 0 radical (unpaired) electrons. The molecular weight excluding hydrogens is 374 g/mol. The molecule has 0 unspecified atom stereocenters. The predicted molar refractivity (Wildman–Crippen MR) is 118 cm³/mol. The second-order valence-corrected chi connectivity index (χ2v) is 9.80. The lowest BCUT2D eigenvalue weighted by atomic mass is 9.93. The number of hydrogen-bond donors (Lipinski definition) is 2. The van der Waals surface area contributed by atoms with Crippen molar-refractivity contribution in [1.29, 1.82) is 0 Å². The summed E-state index contributed by atoms with van der Waals surface area (Å²) in [6, 6.07) is 4.81. The molecule has 0 aromatic carbocycles. The molecule has 1 aliphatic rings. The minimum absolute atomic E-state index is 0.0950. The van der Waals surface area contributed by atoms with Gasteiger partial charge in [-0.3, -0.25) is 0 Å². The summed E-state index contributed by atoms with van der Waals surface area (Å²) in [4.78, 5) is 12.0. The Labute approximate surface area is 170 Å². The molecular formula is C20H31N5S2. The Morgan fingerprint density at radius 2 is 2.07 bits per heavy atom. The molecule has 0 bridgehead atoms. The number of aliphatic imine (C=N–C) groups is 1. The first-order valence-electron chi connectivity index (χ1n) is 9.74. The van der Waals surface area contributed by atoms with Crippen LogP contribution in [0.15, 0.2) is 27.9 Å². The standard InChI is InChI=1S/C20H31N5S2/c1-5-21-19(22-13-17-24-16(14-27-17)20(2,3)4)23-15-8-10-25(11-9-15)18-7-6-12-26-18/h6-7,12,14-15H,5,8-11,13H2,1-4H3,(H2,21,22,23). The van der Waals surface area contributed by atoms with E-state index in [1.807, 2.05) is 11.3 Å². The van der Waals surface area contributed by atoms with E-state index in [9.17, 15) is 0 Å². The van der Waals surface area contributed by atoms with Crippen molar-refractivity contribution in [1.82, 2.24) is 15.6 Å². The van der Waals surface area contributed by atoms with Crippen LogP contribution in [-0.2, 0) is 12.0 Å². The summed E-state index contributed by atoms with van der Waals surface area (Å²) < 4.78 is 0. The quantitative estimate of drug-likeness (QED) is 0.577. The molecule has 0 amide bonds. The first-order chi connectivity index (χ1) is 13.0. The lowest BCUT2D eigenvalue weighted by Crippen LogP contribution is -2.48. The van der Waals surface area contributed by atoms with E-state index in [1.165, 1.54) is 5.00 Å². The summed E-state index contributed by atoms with van der Waals surface area (Å²) in [6.45, 7) is 12.4. The van der Waals surface area contributed by atoms with Crippen LogP contribution in [0.2, 0.25) is 0 Å². The van der Waals surface area contributed by atoms with Gasteiger partial charge in [-0.2, -0.15) is 0 Å². The van der Waals surface area contributed by atoms with Crippen molar-refractivity contribution >= 4 is 33.6 Å². The van der Waals surface area contributed by atoms with Gasteiger partial charge in [0, 0.05) is 36.5 Å². The number of aromatic nitrogens is 1. The Kier molecular flexibility index (Phi) is 6.76. The van der Waals surface area contributed by atoms with Gasteiger partial charge in [-0.05, 0) is 37.3 Å². The molecule has 3 heterocycles. The molecule has 0 atom stereocenters. The van der Waals surface area contributed by atoms with Crippen LogP contribution in [0.3, 0.4) is 0 Å². The number of piperidine rings is 1. The molecule has 1 saturated heterocycles. The van der Waals surface area contributed by atoms with E-state index in [0.29, 0.717) is 12.6 Å². The summed E-state index contributed by atoms with van der Waals surface area (Å²) >= 11 is 3.53. The Balaban J connectivity index is 1.54. The normalized spacial score (nSPS) is 16.6. The third-order valence-electron chi connectivity index (χ3n) is 4.69. The maximum atomic E-state index is 4.77. The van der Waals surface area contributed by atoms with Crippen molar-refractivity contribution in [2.24, 2.45) is 4.99 Å². The zero-order chi connectivity index (χ0) is 19.3. The third kappa shape index (κ3) is 5.69. The largest absolute Gasteiger partial charge is 0.363 e. The van der Waals surface area contributed by atoms with Gasteiger partial charge in [0.05, 0.1) is 17.2 Å². The highest BCUT2D eigenvalue weighted by Crippen LogP contribution is 2.25. The molecule has 7 heteroatoms. The van der Waals surface area contributed by atoms with Crippen LogP contribution in [-0.4, -0.2) is 36.6 Å². The van der Waals surface area contributed by atoms with E-state index in [-0.39, 0.29) is 5.41 Å². The SMILES string of the molecule is CCNC(=NCc1nc(C(C)(C)C)cs1)NC1CCN(c2cccs2)CC1. The van der Waals surface area contributed by atoms with Gasteiger partial charge in [-0.15, -0.1) is 22.7 Å². The smallest absolute Gasteiger partial charge is 0.191 e. The van der Waals surface area contributed by atoms with Gasteiger partial charge in [0.2, 0.25) is 0 Å². The number of anilines is 1. The van der Waals surface area contributed by atoms with Gasteiger partial charge in [0.25, 0.3) is 0 Å². The van der Waals surface area contributed by atoms with Crippen molar-refractivity contribution in [3.8, 4) is 0 Å². The number of nitrogens with one attached hydrogen (secondary N) is 2. The number of guanidine groups is 1. The molecule has 2 N–H and O–H groups in total. The van der Waals surface area contributed by atoms with Crippen LogP contribution in [0.1, 0.15) is 51.2 Å². The number of nitrogens with zero attached hydrogens (tertiary/aromatic N) is 3. The first kappa shape index (κ1) is 20.1. The molecule has 0 saturated carbocycles. The van der Waals surface area contributed by atoms with Crippen molar-refractivity contribution in [3.05, 3.63) is 33.6 Å². The fraction of sp³-hybridized carbons (Fsp3) is 0.600. The highest BCUT2D eigenvalue weighted by atomic mass is 32.1. The maximum absolute atomic E-state index is 4.77. The summed E-state index contributed by atoms with van der Waals surface area (Å²) in [5.41, 5.74) is 1.24. The van der Waals surface area contributed by atoms with Crippen LogP contribution >= 0.6 is 22.7 Å². The van der Waals surface area contributed by atoms with Crippen molar-refractivity contribution < 1.29 is 0 Å². The van der Waals surface area contributed by atoms with Crippen LogP contribution in [0, 0.1) is 0 Å². The summed E-state index contributed by atoms with van der Waals surface area (Å²) in [5, 5.41) is 13.8. The van der Waals surface area contributed by atoms with E-state index in [4.69, 9.17) is 9.98 Å². The van der Waals surface area contributed by atoms with Gasteiger partial charge >= 0.3 is 0 Å². The number of thiophene rings is 1. The first-order valence-corrected chi connectivity index (χ1v) is 11.5. The minimum Gasteiger partial charge on any atom is -0.363 e. The Hall–Kier alpha value is -1.60. The second-order valence-electron chi connectivity index (χ2n) is 7.93. The molecule has 2 aromatic heterocycles. The Morgan fingerprint density at radius 1 is 1.30 bits per heavy atom. The van der Waals surface area contributed by atoms with E-state index < -0.39 is 0 Å². The Morgan fingerprint density at radius 3 is 2.67 bits per heavy atom. The van der Waals surface area contributed by atoms with Gasteiger partial charge in [0.15, 0.2) is 5.96 Å². The lowest BCUT2D eigenvalue weighted by molar-refractivity contribution is 0.463. The maximum Gasteiger partial charge on any atom is 0.191 e. The van der Waals surface area contributed by atoms with Gasteiger partial charge in [-0.1, -0.05) is 20.8 Å². The van der Waals surface area contributed by atoms with Crippen molar-refractivity contribution in [3.63, 3.8) is 0 Å². The third-order valence-corrected chi connectivity index (χ3v) is 6.45. The van der Waals surface area contributed by atoms with Crippen LogP contribution in [0.4, 0.5) is 5.00 Å². The highest BCUT2D eigenvalue weighted by Gasteiger charge is 2.21. The average Bonchev–Trinajstić information content (AvgIpc) is 3.32. The summed E-state index contributed by atoms with van der Waals surface area (Å²) in [7, 11) is 0. The summed E-state index contributed by atoms with van der Waals surface area (Å²) in [6.07, 6.45) is 2.27. The zero-order valence-corrected chi connectivity index (χ0v) is 18.4. The topological polar surface area (TPSA) is 52.6 Å². The minimum atomic E-state index is 0.0950. The monoisotopic (exact) mass is 405 g/mol. The second kappa shape index (κ2) is 9.06. The zero-order valence-electron chi connectivity index (χ0n) is 16.8. The molecule has 148 valence electrons. The molecule has 5 nitrogen and oxygen atoms in total. The molecule has 0 spiro atoms. The molecule has 1 fully saturated rings.